The molecule has 0 saturated heterocycles. The van der Waals surface area contributed by atoms with Crippen molar-refractivity contribution in [3.63, 3.8) is 0 Å². The minimum absolute atomic E-state index is 0.0516. The summed E-state index contributed by atoms with van der Waals surface area (Å²) in [5, 5.41) is 1.55. The lowest BCUT2D eigenvalue weighted by molar-refractivity contribution is 0.0602. The summed E-state index contributed by atoms with van der Waals surface area (Å²) in [7, 11) is -2.55. The number of rotatable bonds is 8. The maximum absolute atomic E-state index is 12.3. The van der Waals surface area contributed by atoms with E-state index in [0.717, 1.165) is 24.2 Å². The molecule has 0 amide bonds. The van der Waals surface area contributed by atoms with Crippen molar-refractivity contribution in [2.75, 3.05) is 13.7 Å². The van der Waals surface area contributed by atoms with Crippen molar-refractivity contribution in [2.45, 2.75) is 37.1 Å². The van der Waals surface area contributed by atoms with Crippen LogP contribution in [0.15, 0.2) is 16.3 Å². The predicted octanol–water partition coefficient (Wildman–Crippen LogP) is 1.33. The number of thiophene rings is 1. The first-order valence-corrected chi connectivity index (χ1v) is 8.70. The molecule has 1 heterocycles. The molecular formula is C12H20N2O4S2. The fraction of sp³-hybridized carbons (Fsp3) is 0.583. The summed E-state index contributed by atoms with van der Waals surface area (Å²) in [5.74, 6) is -0.654. The Balaban J connectivity index is 2.93. The van der Waals surface area contributed by atoms with Crippen LogP contribution in [0.1, 0.15) is 35.9 Å². The second kappa shape index (κ2) is 7.72. The third-order valence-corrected chi connectivity index (χ3v) is 5.39. The van der Waals surface area contributed by atoms with Gasteiger partial charge in [0, 0.05) is 12.6 Å². The van der Waals surface area contributed by atoms with E-state index < -0.39 is 16.0 Å². The van der Waals surface area contributed by atoms with E-state index >= 15 is 0 Å². The van der Waals surface area contributed by atoms with E-state index in [1.165, 1.54) is 13.2 Å². The van der Waals surface area contributed by atoms with Crippen LogP contribution >= 0.6 is 11.3 Å². The highest BCUT2D eigenvalue weighted by Gasteiger charge is 2.26. The van der Waals surface area contributed by atoms with Gasteiger partial charge in [0.2, 0.25) is 10.0 Å². The molecule has 0 aliphatic carbocycles. The van der Waals surface area contributed by atoms with E-state index in [2.05, 4.69) is 9.46 Å². The summed E-state index contributed by atoms with van der Waals surface area (Å²) in [6.45, 7) is 2.24. The van der Waals surface area contributed by atoms with Gasteiger partial charge in [0.05, 0.1) is 7.11 Å². The van der Waals surface area contributed by atoms with Gasteiger partial charge >= 0.3 is 5.97 Å². The Kier molecular flexibility index (Phi) is 6.60. The molecule has 3 N–H and O–H groups in total. The van der Waals surface area contributed by atoms with E-state index in [9.17, 15) is 13.2 Å². The van der Waals surface area contributed by atoms with Gasteiger partial charge in [0.25, 0.3) is 0 Å². The van der Waals surface area contributed by atoms with Gasteiger partial charge in [0.15, 0.2) is 0 Å². The van der Waals surface area contributed by atoms with Crippen LogP contribution in [-0.2, 0) is 14.8 Å². The molecule has 0 aliphatic heterocycles. The standard InChI is InChI=1S/C12H20N2O4S2/c1-3-4-5-9(8-13)14-20(16,17)10-6-7-19-11(10)12(15)18-2/h6-7,9,14H,3-5,8,13H2,1-2H3. The fourth-order valence-corrected chi connectivity index (χ4v) is 4.33. The summed E-state index contributed by atoms with van der Waals surface area (Å²) in [6.07, 6.45) is 2.52. The molecule has 1 aromatic heterocycles. The second-order valence-corrected chi connectivity index (χ2v) is 6.90. The molecule has 6 nitrogen and oxygen atoms in total. The summed E-state index contributed by atoms with van der Waals surface area (Å²) < 4.78 is 31.7. The average Bonchev–Trinajstić information content (AvgIpc) is 2.92. The Hall–Kier alpha value is -0.960. The Morgan fingerprint density at radius 1 is 1.55 bits per heavy atom. The highest BCUT2D eigenvalue weighted by Crippen LogP contribution is 2.23. The third-order valence-electron chi connectivity index (χ3n) is 2.80. The zero-order chi connectivity index (χ0) is 15.2. The normalized spacial score (nSPS) is 13.2. The van der Waals surface area contributed by atoms with Crippen LogP contribution < -0.4 is 10.5 Å². The quantitative estimate of drug-likeness (QED) is 0.704. The SMILES string of the molecule is CCCCC(CN)NS(=O)(=O)c1ccsc1C(=O)OC. The largest absolute Gasteiger partial charge is 0.465 e. The van der Waals surface area contributed by atoms with Crippen molar-refractivity contribution in [1.82, 2.24) is 4.72 Å². The minimum Gasteiger partial charge on any atom is -0.465 e. The molecule has 0 fully saturated rings. The van der Waals surface area contributed by atoms with Crippen LogP contribution in [0.5, 0.6) is 0 Å². The number of carbonyl (C=O) groups is 1. The minimum atomic E-state index is -3.76. The number of nitrogens with one attached hydrogen (secondary N) is 1. The zero-order valence-corrected chi connectivity index (χ0v) is 13.2. The number of nitrogens with two attached hydrogens (primary N) is 1. The number of hydrogen-bond acceptors (Lipinski definition) is 6. The van der Waals surface area contributed by atoms with Gasteiger partial charge in [-0.1, -0.05) is 19.8 Å². The van der Waals surface area contributed by atoms with E-state index in [0.29, 0.717) is 6.42 Å². The van der Waals surface area contributed by atoms with Gasteiger partial charge in [0.1, 0.15) is 9.77 Å². The van der Waals surface area contributed by atoms with Crippen molar-refractivity contribution in [3.8, 4) is 0 Å². The zero-order valence-electron chi connectivity index (χ0n) is 11.6. The third kappa shape index (κ3) is 4.27. The first kappa shape index (κ1) is 17.1. The summed E-state index contributed by atoms with van der Waals surface area (Å²) >= 11 is 1.04. The summed E-state index contributed by atoms with van der Waals surface area (Å²) in [5.41, 5.74) is 5.58. The van der Waals surface area contributed by atoms with Gasteiger partial charge in [-0.2, -0.15) is 0 Å². The lowest BCUT2D eigenvalue weighted by Gasteiger charge is -2.16. The number of methoxy groups -OCH3 is 1. The molecule has 1 rings (SSSR count). The van der Waals surface area contributed by atoms with Crippen LogP contribution in [-0.4, -0.2) is 34.1 Å². The van der Waals surface area contributed by atoms with Gasteiger partial charge in [-0.15, -0.1) is 11.3 Å². The number of ether oxygens (including phenoxy) is 1. The number of carbonyl (C=O) groups excluding carboxylic acids is 1. The number of unbranched alkanes of at least 4 members (excludes halogenated alkanes) is 1. The molecule has 8 heteroatoms. The molecule has 1 unspecified atom stereocenters. The topological polar surface area (TPSA) is 98.5 Å². The second-order valence-electron chi connectivity index (χ2n) is 4.30. The maximum atomic E-state index is 12.3. The van der Waals surface area contributed by atoms with E-state index in [1.807, 2.05) is 6.92 Å². The molecule has 114 valence electrons. The monoisotopic (exact) mass is 320 g/mol. The van der Waals surface area contributed by atoms with E-state index in [1.54, 1.807) is 5.38 Å². The first-order valence-electron chi connectivity index (χ1n) is 6.34. The molecule has 1 aromatic rings. The molecule has 0 aromatic carbocycles. The molecule has 0 aliphatic rings. The van der Waals surface area contributed by atoms with Gasteiger partial charge < -0.3 is 10.5 Å². The Morgan fingerprint density at radius 2 is 2.25 bits per heavy atom. The highest BCUT2D eigenvalue weighted by atomic mass is 32.2. The highest BCUT2D eigenvalue weighted by molar-refractivity contribution is 7.89. The molecular weight excluding hydrogens is 300 g/mol. The van der Waals surface area contributed by atoms with Crippen LogP contribution in [0, 0.1) is 0 Å². The van der Waals surface area contributed by atoms with Crippen molar-refractivity contribution >= 4 is 27.3 Å². The first-order chi connectivity index (χ1) is 9.46. The summed E-state index contributed by atoms with van der Waals surface area (Å²) in [6, 6.07) is 1.07. The number of hydrogen-bond donors (Lipinski definition) is 2. The smallest absolute Gasteiger partial charge is 0.349 e. The van der Waals surface area contributed by atoms with Crippen LogP contribution in [0.4, 0.5) is 0 Å². The number of esters is 1. The van der Waals surface area contributed by atoms with E-state index in [-0.39, 0.29) is 22.4 Å². The van der Waals surface area contributed by atoms with Crippen LogP contribution in [0.2, 0.25) is 0 Å². The van der Waals surface area contributed by atoms with Crippen molar-refractivity contribution in [3.05, 3.63) is 16.3 Å². The Bertz CT molecular complexity index is 539. The van der Waals surface area contributed by atoms with Crippen LogP contribution in [0.25, 0.3) is 0 Å². The molecule has 0 radical (unpaired) electrons. The van der Waals surface area contributed by atoms with Crippen molar-refractivity contribution in [2.24, 2.45) is 5.73 Å². The molecule has 0 spiro atoms. The van der Waals surface area contributed by atoms with Crippen molar-refractivity contribution < 1.29 is 17.9 Å². The van der Waals surface area contributed by atoms with Gasteiger partial charge in [-0.3, -0.25) is 0 Å². The van der Waals surface area contributed by atoms with Gasteiger partial charge in [-0.05, 0) is 17.9 Å². The molecule has 0 saturated carbocycles. The molecule has 0 bridgehead atoms. The van der Waals surface area contributed by atoms with E-state index in [4.69, 9.17) is 5.73 Å². The maximum Gasteiger partial charge on any atom is 0.349 e. The lowest BCUT2D eigenvalue weighted by atomic mass is 10.1. The predicted molar refractivity (Wildman–Crippen MR) is 78.3 cm³/mol. The average molecular weight is 320 g/mol. The van der Waals surface area contributed by atoms with Gasteiger partial charge in [-0.25, -0.2) is 17.9 Å². The van der Waals surface area contributed by atoms with Crippen LogP contribution in [0.3, 0.4) is 0 Å². The fourth-order valence-electron chi connectivity index (χ4n) is 1.71. The number of sulfonamides is 1. The Morgan fingerprint density at radius 3 is 2.80 bits per heavy atom. The molecule has 20 heavy (non-hydrogen) atoms. The lowest BCUT2D eigenvalue weighted by Crippen LogP contribution is -2.40. The molecule has 1 atom stereocenters. The van der Waals surface area contributed by atoms with Crippen molar-refractivity contribution in [1.29, 1.82) is 0 Å². The summed E-state index contributed by atoms with van der Waals surface area (Å²) in [4.78, 5) is 11.6. The Labute approximate surface area is 123 Å².